The first-order valence-corrected chi connectivity index (χ1v) is 5.47. The lowest BCUT2D eigenvalue weighted by Gasteiger charge is -2.09. The van der Waals surface area contributed by atoms with E-state index < -0.39 is 0 Å². The molecule has 0 atom stereocenters. The summed E-state index contributed by atoms with van der Waals surface area (Å²) in [5, 5.41) is 11.9. The molecule has 2 rings (SSSR count). The highest BCUT2D eigenvalue weighted by Crippen LogP contribution is 2.22. The van der Waals surface area contributed by atoms with Crippen molar-refractivity contribution in [2.75, 3.05) is 12.4 Å². The topological polar surface area (TPSA) is 74.3 Å². The molecule has 1 heterocycles. The van der Waals surface area contributed by atoms with Gasteiger partial charge in [0.2, 0.25) is 0 Å². The number of aliphatic hydroxyl groups is 1. The summed E-state index contributed by atoms with van der Waals surface area (Å²) in [6.45, 7) is -0.143. The van der Waals surface area contributed by atoms with Gasteiger partial charge in [0.15, 0.2) is 0 Å². The van der Waals surface area contributed by atoms with Crippen molar-refractivity contribution in [1.29, 1.82) is 0 Å². The molecule has 0 spiro atoms. The van der Waals surface area contributed by atoms with Crippen molar-refractivity contribution in [3.63, 3.8) is 0 Å². The lowest BCUT2D eigenvalue weighted by atomic mass is 10.2. The van der Waals surface area contributed by atoms with E-state index in [1.807, 2.05) is 0 Å². The molecule has 0 aliphatic carbocycles. The Labute approximate surface area is 104 Å². The second-order valence-corrected chi connectivity index (χ2v) is 3.72. The maximum Gasteiger partial charge on any atom is 0.272 e. The minimum absolute atomic E-state index is 0.143. The number of nitrogens with one attached hydrogen (secondary N) is 2. The summed E-state index contributed by atoms with van der Waals surface area (Å²) in [5.74, 6) is 0.365. The number of hydrogen-bond acceptors (Lipinski definition) is 3. The molecule has 0 radical (unpaired) electrons. The van der Waals surface area contributed by atoms with E-state index in [1.165, 1.54) is 7.11 Å². The number of rotatable bonds is 4. The summed E-state index contributed by atoms with van der Waals surface area (Å²) in [5.41, 5.74) is 1.72. The summed E-state index contributed by atoms with van der Waals surface area (Å²) >= 11 is 0. The lowest BCUT2D eigenvalue weighted by Crippen LogP contribution is -2.12. The number of carbonyl (C=O) groups excluding carboxylic acids is 1. The maximum atomic E-state index is 11.8. The van der Waals surface area contributed by atoms with Crippen LogP contribution in [0, 0.1) is 0 Å². The molecule has 1 aromatic carbocycles. The van der Waals surface area contributed by atoms with Crippen LogP contribution in [0.2, 0.25) is 0 Å². The largest absolute Gasteiger partial charge is 0.496 e. The van der Waals surface area contributed by atoms with Gasteiger partial charge in [-0.2, -0.15) is 0 Å². The van der Waals surface area contributed by atoms with Crippen LogP contribution in [0.3, 0.4) is 0 Å². The van der Waals surface area contributed by atoms with Gasteiger partial charge in [0, 0.05) is 17.4 Å². The van der Waals surface area contributed by atoms with Gasteiger partial charge in [-0.05, 0) is 30.3 Å². The van der Waals surface area contributed by atoms with E-state index in [-0.39, 0.29) is 12.5 Å². The zero-order chi connectivity index (χ0) is 13.0. The quantitative estimate of drug-likeness (QED) is 0.769. The maximum absolute atomic E-state index is 11.8. The van der Waals surface area contributed by atoms with Crippen molar-refractivity contribution < 1.29 is 14.6 Å². The third-order valence-corrected chi connectivity index (χ3v) is 2.55. The van der Waals surface area contributed by atoms with Crippen LogP contribution in [0.25, 0.3) is 0 Å². The SMILES string of the molecule is COc1ccc(NC(=O)c2ccc[nH]2)cc1CO. The van der Waals surface area contributed by atoms with Gasteiger partial charge in [-0.1, -0.05) is 0 Å². The van der Waals surface area contributed by atoms with Gasteiger partial charge < -0.3 is 20.1 Å². The van der Waals surface area contributed by atoms with E-state index in [0.717, 1.165) is 0 Å². The van der Waals surface area contributed by atoms with E-state index in [4.69, 9.17) is 4.74 Å². The molecule has 18 heavy (non-hydrogen) atoms. The van der Waals surface area contributed by atoms with Crippen molar-refractivity contribution in [1.82, 2.24) is 4.98 Å². The van der Waals surface area contributed by atoms with Gasteiger partial charge in [0.05, 0.1) is 13.7 Å². The molecule has 5 nitrogen and oxygen atoms in total. The molecule has 0 aliphatic heterocycles. The molecule has 1 aromatic heterocycles. The average Bonchev–Trinajstić information content (AvgIpc) is 2.92. The number of hydrogen-bond donors (Lipinski definition) is 3. The first-order valence-electron chi connectivity index (χ1n) is 5.47. The Morgan fingerprint density at radius 3 is 2.89 bits per heavy atom. The van der Waals surface area contributed by atoms with E-state index in [2.05, 4.69) is 10.3 Å². The number of aromatic nitrogens is 1. The summed E-state index contributed by atoms with van der Waals surface area (Å²) < 4.78 is 5.09. The standard InChI is InChI=1S/C13H14N2O3/c1-18-12-5-4-10(7-9(12)8-16)15-13(17)11-3-2-6-14-11/h2-7,14,16H,8H2,1H3,(H,15,17). The minimum Gasteiger partial charge on any atom is -0.496 e. The van der Waals surface area contributed by atoms with E-state index in [1.54, 1.807) is 36.5 Å². The fourth-order valence-electron chi connectivity index (χ4n) is 1.65. The van der Waals surface area contributed by atoms with Crippen molar-refractivity contribution in [3.05, 3.63) is 47.8 Å². The lowest BCUT2D eigenvalue weighted by molar-refractivity contribution is 0.102. The molecule has 3 N–H and O–H groups in total. The number of ether oxygens (including phenoxy) is 1. The van der Waals surface area contributed by atoms with Gasteiger partial charge in [0.1, 0.15) is 11.4 Å². The number of benzene rings is 1. The third kappa shape index (κ3) is 2.52. The highest BCUT2D eigenvalue weighted by molar-refractivity contribution is 6.03. The molecular formula is C13H14N2O3. The smallest absolute Gasteiger partial charge is 0.272 e. The Kier molecular flexibility index (Phi) is 3.64. The van der Waals surface area contributed by atoms with Crippen LogP contribution < -0.4 is 10.1 Å². The number of anilines is 1. The molecule has 5 heteroatoms. The monoisotopic (exact) mass is 246 g/mol. The fourth-order valence-corrected chi connectivity index (χ4v) is 1.65. The van der Waals surface area contributed by atoms with Gasteiger partial charge in [0.25, 0.3) is 5.91 Å². The van der Waals surface area contributed by atoms with Gasteiger partial charge >= 0.3 is 0 Å². The number of amides is 1. The second-order valence-electron chi connectivity index (χ2n) is 3.72. The molecule has 0 aliphatic rings. The first kappa shape index (κ1) is 12.2. The van der Waals surface area contributed by atoms with Crippen molar-refractivity contribution in [2.45, 2.75) is 6.61 Å². The van der Waals surface area contributed by atoms with Gasteiger partial charge in [-0.25, -0.2) is 0 Å². The fraction of sp³-hybridized carbons (Fsp3) is 0.154. The molecule has 2 aromatic rings. The third-order valence-electron chi connectivity index (χ3n) is 2.55. The Morgan fingerprint density at radius 2 is 2.28 bits per heavy atom. The molecule has 94 valence electrons. The van der Waals surface area contributed by atoms with E-state index in [9.17, 15) is 9.90 Å². The molecule has 0 saturated carbocycles. The Morgan fingerprint density at radius 1 is 1.44 bits per heavy atom. The van der Waals surface area contributed by atoms with Crippen LogP contribution in [0.15, 0.2) is 36.5 Å². The number of H-pyrrole nitrogens is 1. The van der Waals surface area contributed by atoms with Crippen molar-refractivity contribution >= 4 is 11.6 Å². The van der Waals surface area contributed by atoms with Gasteiger partial charge in [-0.15, -0.1) is 0 Å². The zero-order valence-corrected chi connectivity index (χ0v) is 9.93. The van der Waals surface area contributed by atoms with Crippen LogP contribution in [-0.4, -0.2) is 23.1 Å². The second kappa shape index (κ2) is 5.37. The molecule has 0 unspecified atom stereocenters. The van der Waals surface area contributed by atoms with Gasteiger partial charge in [-0.3, -0.25) is 4.79 Å². The number of aromatic amines is 1. The molecular weight excluding hydrogens is 232 g/mol. The zero-order valence-electron chi connectivity index (χ0n) is 9.93. The van der Waals surface area contributed by atoms with E-state index >= 15 is 0 Å². The Balaban J connectivity index is 2.17. The predicted octanol–water partition coefficient (Wildman–Crippen LogP) is 1.77. The minimum atomic E-state index is -0.228. The van der Waals surface area contributed by atoms with Crippen LogP contribution in [0.4, 0.5) is 5.69 Å². The predicted molar refractivity (Wildman–Crippen MR) is 67.7 cm³/mol. The summed E-state index contributed by atoms with van der Waals surface area (Å²) in [7, 11) is 1.53. The highest BCUT2D eigenvalue weighted by Gasteiger charge is 2.08. The number of aliphatic hydroxyl groups excluding tert-OH is 1. The number of carbonyl (C=O) groups is 1. The molecule has 1 amide bonds. The Bertz CT molecular complexity index is 535. The first-order chi connectivity index (χ1) is 8.74. The van der Waals surface area contributed by atoms with Crippen LogP contribution in [0.5, 0.6) is 5.75 Å². The van der Waals surface area contributed by atoms with Crippen LogP contribution in [-0.2, 0) is 6.61 Å². The normalized spacial score (nSPS) is 10.1. The van der Waals surface area contributed by atoms with Crippen LogP contribution in [0.1, 0.15) is 16.1 Å². The average molecular weight is 246 g/mol. The van der Waals surface area contributed by atoms with E-state index in [0.29, 0.717) is 22.7 Å². The summed E-state index contributed by atoms with van der Waals surface area (Å²) in [6, 6.07) is 8.54. The number of methoxy groups -OCH3 is 1. The highest BCUT2D eigenvalue weighted by atomic mass is 16.5. The molecule has 0 bridgehead atoms. The van der Waals surface area contributed by atoms with Crippen LogP contribution >= 0.6 is 0 Å². The summed E-state index contributed by atoms with van der Waals surface area (Å²) in [4.78, 5) is 14.6. The van der Waals surface area contributed by atoms with Crippen molar-refractivity contribution in [3.8, 4) is 5.75 Å². The molecule has 0 saturated heterocycles. The summed E-state index contributed by atoms with van der Waals surface area (Å²) in [6.07, 6.45) is 1.68. The molecule has 0 fully saturated rings. The Hall–Kier alpha value is -2.27. The van der Waals surface area contributed by atoms with Crippen molar-refractivity contribution in [2.24, 2.45) is 0 Å².